The summed E-state index contributed by atoms with van der Waals surface area (Å²) in [5.74, 6) is -0.107. The average molecular weight is 306 g/mol. The first-order chi connectivity index (χ1) is 10.6. The minimum absolute atomic E-state index is 0.0497. The number of ether oxygens (including phenoxy) is 3. The maximum atomic E-state index is 12.4. The van der Waals surface area contributed by atoms with Gasteiger partial charge in [0.25, 0.3) is 5.91 Å². The summed E-state index contributed by atoms with van der Waals surface area (Å²) in [5, 5.41) is 3.00. The Hall–Kier alpha value is -1.63. The molecular weight excluding hydrogens is 284 g/mol. The number of amides is 1. The molecule has 0 unspecified atom stereocenters. The zero-order valence-electron chi connectivity index (χ0n) is 13.1. The van der Waals surface area contributed by atoms with E-state index < -0.39 is 0 Å². The van der Waals surface area contributed by atoms with Gasteiger partial charge in [-0.3, -0.25) is 4.79 Å². The number of fused-ring (bicyclic) bond motifs is 1. The van der Waals surface area contributed by atoms with Crippen LogP contribution < -0.4 is 10.2 Å². The van der Waals surface area contributed by atoms with E-state index in [1.165, 1.54) is 0 Å². The Bertz CT molecular complexity index is 531. The highest BCUT2D eigenvalue weighted by Gasteiger charge is 2.48. The zero-order valence-corrected chi connectivity index (χ0v) is 13.1. The first-order valence-corrected chi connectivity index (χ1v) is 7.44. The third-order valence-corrected chi connectivity index (χ3v) is 4.27. The van der Waals surface area contributed by atoms with Crippen LogP contribution in [0, 0.1) is 0 Å². The van der Waals surface area contributed by atoms with Crippen molar-refractivity contribution in [2.45, 2.75) is 24.4 Å². The molecule has 0 radical (unpaired) electrons. The Balaban J connectivity index is 1.63. The minimum Gasteiger partial charge on any atom is -0.378 e. The standard InChI is InChI=1S/C16H22N2O4/c1-18(2)11-6-4-10(5-7-11)16(19)17-12-8-21-15-13(20-3)9-22-14(12)15/h4-7,12-15H,8-9H2,1-3H3,(H,17,19)/t12-,13+,14+,15+/m0/s1. The second-order valence-corrected chi connectivity index (χ2v) is 5.89. The van der Waals surface area contributed by atoms with E-state index in [-0.39, 0.29) is 30.3 Å². The molecule has 1 N–H and O–H groups in total. The summed E-state index contributed by atoms with van der Waals surface area (Å²) in [4.78, 5) is 14.3. The molecule has 1 aromatic carbocycles. The van der Waals surface area contributed by atoms with Crippen LogP contribution in [0.15, 0.2) is 24.3 Å². The third kappa shape index (κ3) is 2.82. The predicted octanol–water partition coefficient (Wildman–Crippen LogP) is 0.664. The maximum Gasteiger partial charge on any atom is 0.251 e. The molecular formula is C16H22N2O4. The molecule has 2 heterocycles. The van der Waals surface area contributed by atoms with Crippen LogP contribution in [0.5, 0.6) is 0 Å². The van der Waals surface area contributed by atoms with Gasteiger partial charge in [0.15, 0.2) is 0 Å². The molecule has 4 atom stereocenters. The predicted molar refractivity (Wildman–Crippen MR) is 82.3 cm³/mol. The number of anilines is 1. The van der Waals surface area contributed by atoms with E-state index in [0.717, 1.165) is 5.69 Å². The highest BCUT2D eigenvalue weighted by Crippen LogP contribution is 2.28. The molecule has 0 aliphatic carbocycles. The van der Waals surface area contributed by atoms with Gasteiger partial charge in [0, 0.05) is 32.5 Å². The first kappa shape index (κ1) is 15.3. The molecule has 3 rings (SSSR count). The van der Waals surface area contributed by atoms with E-state index in [1.807, 2.05) is 43.3 Å². The lowest BCUT2D eigenvalue weighted by Gasteiger charge is -2.18. The lowest BCUT2D eigenvalue weighted by Crippen LogP contribution is -2.44. The van der Waals surface area contributed by atoms with E-state index in [1.54, 1.807) is 7.11 Å². The van der Waals surface area contributed by atoms with Crippen LogP contribution in [0.3, 0.4) is 0 Å². The normalized spacial score (nSPS) is 30.1. The van der Waals surface area contributed by atoms with Crippen molar-refractivity contribution >= 4 is 11.6 Å². The molecule has 0 saturated carbocycles. The summed E-state index contributed by atoms with van der Waals surface area (Å²) >= 11 is 0. The largest absolute Gasteiger partial charge is 0.378 e. The van der Waals surface area contributed by atoms with Crippen LogP contribution in [0.25, 0.3) is 0 Å². The van der Waals surface area contributed by atoms with Crippen molar-refractivity contribution in [1.82, 2.24) is 5.32 Å². The Morgan fingerprint density at radius 3 is 2.50 bits per heavy atom. The second kappa shape index (κ2) is 6.24. The Morgan fingerprint density at radius 1 is 1.18 bits per heavy atom. The van der Waals surface area contributed by atoms with E-state index >= 15 is 0 Å². The average Bonchev–Trinajstić information content (AvgIpc) is 3.10. The van der Waals surface area contributed by atoms with E-state index in [9.17, 15) is 4.79 Å². The smallest absolute Gasteiger partial charge is 0.251 e. The van der Waals surface area contributed by atoms with Crippen LogP contribution in [0.2, 0.25) is 0 Å². The number of nitrogens with zero attached hydrogens (tertiary/aromatic N) is 1. The fourth-order valence-corrected chi connectivity index (χ4v) is 2.95. The quantitative estimate of drug-likeness (QED) is 0.886. The molecule has 120 valence electrons. The molecule has 0 bridgehead atoms. The molecule has 2 aliphatic rings. The van der Waals surface area contributed by atoms with Gasteiger partial charge in [-0.05, 0) is 24.3 Å². The van der Waals surface area contributed by atoms with Crippen LogP contribution >= 0.6 is 0 Å². The molecule has 6 heteroatoms. The third-order valence-electron chi connectivity index (χ3n) is 4.27. The summed E-state index contributed by atoms with van der Waals surface area (Å²) in [6, 6.07) is 7.37. The van der Waals surface area contributed by atoms with Crippen LogP contribution in [-0.4, -0.2) is 64.7 Å². The topological polar surface area (TPSA) is 60.0 Å². The second-order valence-electron chi connectivity index (χ2n) is 5.89. The molecule has 2 saturated heterocycles. The van der Waals surface area contributed by atoms with Gasteiger partial charge in [0.2, 0.25) is 0 Å². The van der Waals surface area contributed by atoms with Gasteiger partial charge in [-0.25, -0.2) is 0 Å². The maximum absolute atomic E-state index is 12.4. The number of benzene rings is 1. The Morgan fingerprint density at radius 2 is 1.86 bits per heavy atom. The van der Waals surface area contributed by atoms with Gasteiger partial charge < -0.3 is 24.4 Å². The van der Waals surface area contributed by atoms with Gasteiger partial charge in [-0.2, -0.15) is 0 Å². The lowest BCUT2D eigenvalue weighted by molar-refractivity contribution is -0.00817. The molecule has 1 amide bonds. The number of methoxy groups -OCH3 is 1. The molecule has 0 aromatic heterocycles. The number of carbonyl (C=O) groups is 1. The number of nitrogens with one attached hydrogen (secondary N) is 1. The van der Waals surface area contributed by atoms with Crippen molar-refractivity contribution in [2.24, 2.45) is 0 Å². The Kier molecular flexibility index (Phi) is 4.33. The summed E-state index contributed by atoms with van der Waals surface area (Å²) in [5.41, 5.74) is 1.69. The Labute approximate surface area is 130 Å². The van der Waals surface area contributed by atoms with Gasteiger partial charge in [0.1, 0.15) is 18.3 Å². The summed E-state index contributed by atoms with van der Waals surface area (Å²) in [6.07, 6.45) is -0.271. The number of rotatable bonds is 4. The van der Waals surface area contributed by atoms with Gasteiger partial charge in [-0.15, -0.1) is 0 Å². The summed E-state index contributed by atoms with van der Waals surface area (Å²) in [6.45, 7) is 0.965. The van der Waals surface area contributed by atoms with Crippen molar-refractivity contribution in [3.05, 3.63) is 29.8 Å². The summed E-state index contributed by atoms with van der Waals surface area (Å²) < 4.78 is 16.7. The zero-order chi connectivity index (χ0) is 15.7. The van der Waals surface area contributed by atoms with Gasteiger partial charge in [-0.1, -0.05) is 0 Å². The van der Waals surface area contributed by atoms with Crippen molar-refractivity contribution in [3.8, 4) is 0 Å². The first-order valence-electron chi connectivity index (χ1n) is 7.44. The lowest BCUT2D eigenvalue weighted by atomic mass is 10.1. The van der Waals surface area contributed by atoms with E-state index in [0.29, 0.717) is 18.8 Å². The molecule has 2 aliphatic heterocycles. The van der Waals surface area contributed by atoms with Crippen molar-refractivity contribution < 1.29 is 19.0 Å². The highest BCUT2D eigenvalue weighted by molar-refractivity contribution is 5.94. The van der Waals surface area contributed by atoms with E-state index in [4.69, 9.17) is 14.2 Å². The van der Waals surface area contributed by atoms with Crippen LogP contribution in [0.1, 0.15) is 10.4 Å². The fourth-order valence-electron chi connectivity index (χ4n) is 2.95. The number of carbonyl (C=O) groups excluding carboxylic acids is 1. The number of hydrogen-bond donors (Lipinski definition) is 1. The summed E-state index contributed by atoms with van der Waals surface area (Å²) in [7, 11) is 5.58. The van der Waals surface area contributed by atoms with Crippen molar-refractivity contribution in [2.75, 3.05) is 39.3 Å². The number of hydrogen-bond acceptors (Lipinski definition) is 5. The van der Waals surface area contributed by atoms with Gasteiger partial charge >= 0.3 is 0 Å². The monoisotopic (exact) mass is 306 g/mol. The molecule has 6 nitrogen and oxygen atoms in total. The van der Waals surface area contributed by atoms with Gasteiger partial charge in [0.05, 0.1) is 19.3 Å². The van der Waals surface area contributed by atoms with Crippen molar-refractivity contribution in [1.29, 1.82) is 0 Å². The van der Waals surface area contributed by atoms with Crippen molar-refractivity contribution in [3.63, 3.8) is 0 Å². The van der Waals surface area contributed by atoms with E-state index in [2.05, 4.69) is 5.32 Å². The molecule has 22 heavy (non-hydrogen) atoms. The van der Waals surface area contributed by atoms with Crippen LogP contribution in [0.4, 0.5) is 5.69 Å². The fraction of sp³-hybridized carbons (Fsp3) is 0.562. The molecule has 1 aromatic rings. The SMILES string of the molecule is CO[C@@H]1CO[C@H]2[C@@H]1OC[C@@H]2NC(=O)c1ccc(N(C)C)cc1. The highest BCUT2D eigenvalue weighted by atomic mass is 16.6. The van der Waals surface area contributed by atoms with Crippen LogP contribution in [-0.2, 0) is 14.2 Å². The molecule has 0 spiro atoms. The molecule has 2 fully saturated rings. The minimum atomic E-state index is -0.133.